The van der Waals surface area contributed by atoms with Crippen LogP contribution in [0.2, 0.25) is 0 Å². The zero-order valence-electron chi connectivity index (χ0n) is 13.2. The van der Waals surface area contributed by atoms with Crippen LogP contribution in [0.15, 0.2) is 24.3 Å². The van der Waals surface area contributed by atoms with E-state index in [-0.39, 0.29) is 17.6 Å². The van der Waals surface area contributed by atoms with Crippen molar-refractivity contribution in [2.75, 3.05) is 30.4 Å². The standard InChI is InChI=1S/C16H24N2O2S/c1-12(2)9-18(4)16(20)11-21-10-15(19)17-14-7-5-13(3)6-8-14/h5-8,12H,9-11H2,1-4H3,(H,17,19). The Morgan fingerprint density at radius 1 is 1.19 bits per heavy atom. The summed E-state index contributed by atoms with van der Waals surface area (Å²) in [7, 11) is 1.80. The molecule has 1 N–H and O–H groups in total. The maximum absolute atomic E-state index is 11.8. The largest absolute Gasteiger partial charge is 0.345 e. The predicted molar refractivity (Wildman–Crippen MR) is 89.6 cm³/mol. The van der Waals surface area contributed by atoms with Crippen molar-refractivity contribution in [3.63, 3.8) is 0 Å². The molecule has 0 saturated heterocycles. The molecule has 0 heterocycles. The van der Waals surface area contributed by atoms with E-state index < -0.39 is 0 Å². The van der Waals surface area contributed by atoms with Crippen molar-refractivity contribution >= 4 is 29.3 Å². The molecular weight excluding hydrogens is 284 g/mol. The zero-order chi connectivity index (χ0) is 15.8. The summed E-state index contributed by atoms with van der Waals surface area (Å²) in [6.45, 7) is 6.90. The van der Waals surface area contributed by atoms with Crippen molar-refractivity contribution in [3.05, 3.63) is 29.8 Å². The summed E-state index contributed by atoms with van der Waals surface area (Å²) in [5.41, 5.74) is 1.94. The minimum Gasteiger partial charge on any atom is -0.345 e. The first-order valence-electron chi connectivity index (χ1n) is 7.06. The highest BCUT2D eigenvalue weighted by Gasteiger charge is 2.11. The molecule has 1 aromatic rings. The third-order valence-electron chi connectivity index (χ3n) is 2.86. The third-order valence-corrected chi connectivity index (χ3v) is 3.78. The van der Waals surface area contributed by atoms with Gasteiger partial charge in [0.15, 0.2) is 0 Å². The zero-order valence-corrected chi connectivity index (χ0v) is 14.0. The summed E-state index contributed by atoms with van der Waals surface area (Å²) >= 11 is 1.34. The second kappa shape index (κ2) is 8.72. The van der Waals surface area contributed by atoms with Crippen LogP contribution in [-0.4, -0.2) is 41.8 Å². The van der Waals surface area contributed by atoms with Gasteiger partial charge in [0.2, 0.25) is 11.8 Å². The number of benzene rings is 1. The Hall–Kier alpha value is -1.49. The molecule has 0 aliphatic rings. The van der Waals surface area contributed by atoms with E-state index in [4.69, 9.17) is 0 Å². The topological polar surface area (TPSA) is 49.4 Å². The number of thioether (sulfide) groups is 1. The molecule has 0 saturated carbocycles. The molecule has 1 rings (SSSR count). The van der Waals surface area contributed by atoms with Gasteiger partial charge in [0, 0.05) is 19.3 Å². The van der Waals surface area contributed by atoms with Crippen molar-refractivity contribution < 1.29 is 9.59 Å². The summed E-state index contributed by atoms with van der Waals surface area (Å²) in [4.78, 5) is 25.3. The number of nitrogens with one attached hydrogen (secondary N) is 1. The lowest BCUT2D eigenvalue weighted by molar-refractivity contribution is -0.127. The Balaban J connectivity index is 2.27. The molecule has 2 amide bonds. The van der Waals surface area contributed by atoms with Crippen molar-refractivity contribution in [2.45, 2.75) is 20.8 Å². The summed E-state index contributed by atoms with van der Waals surface area (Å²) in [5.74, 6) is 1.06. The molecule has 0 atom stereocenters. The van der Waals surface area contributed by atoms with E-state index in [0.29, 0.717) is 11.7 Å². The highest BCUT2D eigenvalue weighted by atomic mass is 32.2. The molecule has 0 fully saturated rings. The fourth-order valence-corrected chi connectivity index (χ4v) is 2.58. The molecule has 0 bridgehead atoms. The number of amides is 2. The lowest BCUT2D eigenvalue weighted by Gasteiger charge is -2.19. The molecule has 5 heteroatoms. The molecule has 0 unspecified atom stereocenters. The van der Waals surface area contributed by atoms with Crippen LogP contribution >= 0.6 is 11.8 Å². The highest BCUT2D eigenvalue weighted by Crippen LogP contribution is 2.10. The van der Waals surface area contributed by atoms with Gasteiger partial charge >= 0.3 is 0 Å². The second-order valence-electron chi connectivity index (χ2n) is 5.58. The van der Waals surface area contributed by atoms with E-state index in [2.05, 4.69) is 19.2 Å². The number of carbonyl (C=O) groups is 2. The number of hydrogen-bond donors (Lipinski definition) is 1. The quantitative estimate of drug-likeness (QED) is 0.842. The maximum atomic E-state index is 11.8. The van der Waals surface area contributed by atoms with E-state index in [0.717, 1.165) is 17.8 Å². The summed E-state index contributed by atoms with van der Waals surface area (Å²) < 4.78 is 0. The Morgan fingerprint density at radius 2 is 1.81 bits per heavy atom. The van der Waals surface area contributed by atoms with Gasteiger partial charge in [-0.05, 0) is 25.0 Å². The molecule has 0 aromatic heterocycles. The number of anilines is 1. The molecule has 1 aromatic carbocycles. The van der Waals surface area contributed by atoms with Crippen LogP contribution in [0.5, 0.6) is 0 Å². The number of carbonyl (C=O) groups excluding carboxylic acids is 2. The average Bonchev–Trinajstić information content (AvgIpc) is 2.40. The van der Waals surface area contributed by atoms with Crippen LogP contribution in [0.4, 0.5) is 5.69 Å². The van der Waals surface area contributed by atoms with Crippen LogP contribution in [0.25, 0.3) is 0 Å². The molecule has 21 heavy (non-hydrogen) atoms. The molecule has 4 nitrogen and oxygen atoms in total. The van der Waals surface area contributed by atoms with Crippen LogP contribution in [-0.2, 0) is 9.59 Å². The highest BCUT2D eigenvalue weighted by molar-refractivity contribution is 8.00. The number of nitrogens with zero attached hydrogens (tertiary/aromatic N) is 1. The first-order valence-corrected chi connectivity index (χ1v) is 8.22. The van der Waals surface area contributed by atoms with Gasteiger partial charge in [-0.1, -0.05) is 31.5 Å². The first kappa shape index (κ1) is 17.6. The van der Waals surface area contributed by atoms with Crippen LogP contribution < -0.4 is 5.32 Å². The molecular formula is C16H24N2O2S. The monoisotopic (exact) mass is 308 g/mol. The molecule has 0 aliphatic heterocycles. The Bertz CT molecular complexity index is 472. The fraction of sp³-hybridized carbons (Fsp3) is 0.500. The Labute approximate surface area is 131 Å². The lowest BCUT2D eigenvalue weighted by atomic mass is 10.2. The van der Waals surface area contributed by atoms with E-state index in [1.807, 2.05) is 31.2 Å². The van der Waals surface area contributed by atoms with Gasteiger partial charge in [0.1, 0.15) is 0 Å². The first-order chi connectivity index (χ1) is 9.88. The van der Waals surface area contributed by atoms with Crippen molar-refractivity contribution in [3.8, 4) is 0 Å². The Kier molecular flexibility index (Phi) is 7.29. The van der Waals surface area contributed by atoms with Gasteiger partial charge in [0.05, 0.1) is 11.5 Å². The normalized spacial score (nSPS) is 10.5. The van der Waals surface area contributed by atoms with Crippen LogP contribution in [0.3, 0.4) is 0 Å². The molecule has 0 aliphatic carbocycles. The van der Waals surface area contributed by atoms with E-state index in [1.165, 1.54) is 11.8 Å². The van der Waals surface area contributed by atoms with Gasteiger partial charge in [-0.3, -0.25) is 9.59 Å². The summed E-state index contributed by atoms with van der Waals surface area (Å²) in [5, 5.41) is 2.82. The number of aryl methyl sites for hydroxylation is 1. The minimum atomic E-state index is -0.0804. The molecule has 0 spiro atoms. The smallest absolute Gasteiger partial charge is 0.234 e. The fourth-order valence-electron chi connectivity index (χ4n) is 1.82. The second-order valence-corrected chi connectivity index (χ2v) is 6.56. The van der Waals surface area contributed by atoms with Crippen molar-refractivity contribution in [1.29, 1.82) is 0 Å². The molecule has 116 valence electrons. The van der Waals surface area contributed by atoms with Crippen LogP contribution in [0.1, 0.15) is 19.4 Å². The van der Waals surface area contributed by atoms with Crippen LogP contribution in [0, 0.1) is 12.8 Å². The minimum absolute atomic E-state index is 0.0665. The van der Waals surface area contributed by atoms with E-state index >= 15 is 0 Å². The predicted octanol–water partition coefficient (Wildman–Crippen LogP) is 2.78. The average molecular weight is 308 g/mol. The third kappa shape index (κ3) is 7.18. The van der Waals surface area contributed by atoms with Gasteiger partial charge in [-0.25, -0.2) is 0 Å². The lowest BCUT2D eigenvalue weighted by Crippen LogP contribution is -2.32. The van der Waals surface area contributed by atoms with Crippen molar-refractivity contribution in [1.82, 2.24) is 4.90 Å². The summed E-state index contributed by atoms with van der Waals surface area (Å²) in [6, 6.07) is 7.65. The van der Waals surface area contributed by atoms with E-state index in [1.54, 1.807) is 11.9 Å². The number of hydrogen-bond acceptors (Lipinski definition) is 3. The van der Waals surface area contributed by atoms with Gasteiger partial charge < -0.3 is 10.2 Å². The van der Waals surface area contributed by atoms with E-state index in [9.17, 15) is 9.59 Å². The van der Waals surface area contributed by atoms with Gasteiger partial charge in [-0.2, -0.15) is 0 Å². The summed E-state index contributed by atoms with van der Waals surface area (Å²) in [6.07, 6.45) is 0. The molecule has 0 radical (unpaired) electrons. The van der Waals surface area contributed by atoms with Gasteiger partial charge in [-0.15, -0.1) is 11.8 Å². The number of rotatable bonds is 7. The Morgan fingerprint density at radius 3 is 2.38 bits per heavy atom. The van der Waals surface area contributed by atoms with Crippen molar-refractivity contribution in [2.24, 2.45) is 5.92 Å². The maximum Gasteiger partial charge on any atom is 0.234 e. The SMILES string of the molecule is Cc1ccc(NC(=O)CSCC(=O)N(C)CC(C)C)cc1. The van der Waals surface area contributed by atoms with Gasteiger partial charge in [0.25, 0.3) is 0 Å².